The van der Waals surface area contributed by atoms with Gasteiger partial charge in [-0.05, 0) is 49.9 Å². The van der Waals surface area contributed by atoms with Gasteiger partial charge in [0, 0.05) is 12.8 Å². The largest absolute Gasteiger partial charge is 0.493 e. The first-order valence-electron chi connectivity index (χ1n) is 7.42. The van der Waals surface area contributed by atoms with Crippen LogP contribution in [0.4, 0.5) is 5.69 Å². The number of nitrogens with one attached hydrogen (secondary N) is 1. The highest BCUT2D eigenvalue weighted by atomic mass is 16.5. The number of aryl methyl sites for hydroxylation is 1. The van der Waals surface area contributed by atoms with Crippen LogP contribution >= 0.6 is 0 Å². The third-order valence-corrected chi connectivity index (χ3v) is 3.61. The summed E-state index contributed by atoms with van der Waals surface area (Å²) in [7, 11) is 1.55. The van der Waals surface area contributed by atoms with Crippen LogP contribution in [0.5, 0.6) is 5.75 Å². The Bertz CT molecular complexity index is 479. The molecule has 1 aromatic carbocycles. The molecule has 0 radical (unpaired) electrons. The first-order valence-corrected chi connectivity index (χ1v) is 7.42. The highest BCUT2D eigenvalue weighted by molar-refractivity contribution is 5.97. The molecular weight excluding hydrogens is 266 g/mol. The van der Waals surface area contributed by atoms with E-state index in [4.69, 9.17) is 9.47 Å². The van der Waals surface area contributed by atoms with Gasteiger partial charge in [0.15, 0.2) is 0 Å². The summed E-state index contributed by atoms with van der Waals surface area (Å²) < 4.78 is 11.0. The minimum atomic E-state index is -0.805. The summed E-state index contributed by atoms with van der Waals surface area (Å²) in [6.07, 6.45) is 0.615. The smallest absolute Gasteiger partial charge is 0.256 e. The van der Waals surface area contributed by atoms with Crippen molar-refractivity contribution in [2.75, 3.05) is 19.0 Å². The second-order valence-corrected chi connectivity index (χ2v) is 5.93. The van der Waals surface area contributed by atoms with Crippen LogP contribution in [-0.4, -0.2) is 25.2 Å². The van der Waals surface area contributed by atoms with Crippen molar-refractivity contribution in [1.82, 2.24) is 0 Å². The van der Waals surface area contributed by atoms with Crippen LogP contribution in [-0.2, 0) is 9.53 Å². The fourth-order valence-electron chi connectivity index (χ4n) is 1.81. The Morgan fingerprint density at radius 3 is 2.52 bits per heavy atom. The molecule has 0 bridgehead atoms. The third kappa shape index (κ3) is 4.74. The van der Waals surface area contributed by atoms with Gasteiger partial charge in [-0.15, -0.1) is 0 Å². The fraction of sp³-hybridized carbons (Fsp3) is 0.588. The Morgan fingerprint density at radius 1 is 1.38 bits per heavy atom. The van der Waals surface area contributed by atoms with Gasteiger partial charge < -0.3 is 14.8 Å². The summed E-state index contributed by atoms with van der Waals surface area (Å²) >= 11 is 0. The van der Waals surface area contributed by atoms with E-state index in [1.165, 1.54) is 0 Å². The molecule has 0 fully saturated rings. The Kier molecular flexibility index (Phi) is 6.21. The molecule has 0 aliphatic rings. The number of amides is 1. The standard InChI is InChI=1S/C17H27NO3/c1-7-17(5,20-6)16(19)18-14-8-9-15(13(4)10-14)21-11-12(2)3/h8-10,12H,7,11H2,1-6H3,(H,18,19). The highest BCUT2D eigenvalue weighted by Crippen LogP contribution is 2.24. The molecule has 4 nitrogen and oxygen atoms in total. The number of carbonyl (C=O) groups is 1. The lowest BCUT2D eigenvalue weighted by molar-refractivity contribution is -0.136. The van der Waals surface area contributed by atoms with E-state index in [1.807, 2.05) is 32.0 Å². The minimum absolute atomic E-state index is 0.136. The van der Waals surface area contributed by atoms with Crippen LogP contribution in [0.15, 0.2) is 18.2 Å². The van der Waals surface area contributed by atoms with Crippen LogP contribution in [0.25, 0.3) is 0 Å². The van der Waals surface area contributed by atoms with Gasteiger partial charge >= 0.3 is 0 Å². The quantitative estimate of drug-likeness (QED) is 0.832. The van der Waals surface area contributed by atoms with E-state index in [0.29, 0.717) is 18.9 Å². The third-order valence-electron chi connectivity index (χ3n) is 3.61. The highest BCUT2D eigenvalue weighted by Gasteiger charge is 2.30. The molecule has 4 heteroatoms. The molecular formula is C17H27NO3. The van der Waals surface area contributed by atoms with E-state index >= 15 is 0 Å². The summed E-state index contributed by atoms with van der Waals surface area (Å²) in [5.41, 5.74) is 0.955. The summed E-state index contributed by atoms with van der Waals surface area (Å²) in [4.78, 5) is 12.2. The summed E-state index contributed by atoms with van der Waals surface area (Å²) in [6, 6.07) is 5.66. The second kappa shape index (κ2) is 7.46. The Labute approximate surface area is 127 Å². The maximum absolute atomic E-state index is 12.2. The molecule has 0 aliphatic heterocycles. The van der Waals surface area contributed by atoms with Crippen LogP contribution in [0.1, 0.15) is 39.7 Å². The molecule has 1 amide bonds. The Balaban J connectivity index is 2.78. The van der Waals surface area contributed by atoms with Crippen molar-refractivity contribution < 1.29 is 14.3 Å². The van der Waals surface area contributed by atoms with E-state index < -0.39 is 5.60 Å². The molecule has 118 valence electrons. The van der Waals surface area contributed by atoms with Crippen molar-refractivity contribution in [2.45, 2.75) is 46.6 Å². The second-order valence-electron chi connectivity index (χ2n) is 5.93. The minimum Gasteiger partial charge on any atom is -0.493 e. The lowest BCUT2D eigenvalue weighted by Gasteiger charge is -2.25. The summed E-state index contributed by atoms with van der Waals surface area (Å²) in [5.74, 6) is 1.20. The van der Waals surface area contributed by atoms with Crippen molar-refractivity contribution in [3.63, 3.8) is 0 Å². The number of ether oxygens (including phenoxy) is 2. The monoisotopic (exact) mass is 293 g/mol. The zero-order valence-corrected chi connectivity index (χ0v) is 13.9. The van der Waals surface area contributed by atoms with E-state index in [9.17, 15) is 4.79 Å². The van der Waals surface area contributed by atoms with Gasteiger partial charge in [0.05, 0.1) is 6.61 Å². The molecule has 1 aromatic rings. The van der Waals surface area contributed by atoms with Crippen LogP contribution in [0.3, 0.4) is 0 Å². The number of hydrogen-bond donors (Lipinski definition) is 1. The normalized spacial score (nSPS) is 13.9. The zero-order chi connectivity index (χ0) is 16.0. The molecule has 0 aliphatic carbocycles. The van der Waals surface area contributed by atoms with Crippen molar-refractivity contribution in [3.05, 3.63) is 23.8 Å². The molecule has 1 rings (SSSR count). The lowest BCUT2D eigenvalue weighted by Crippen LogP contribution is -2.41. The van der Waals surface area contributed by atoms with Crippen molar-refractivity contribution in [1.29, 1.82) is 0 Å². The van der Waals surface area contributed by atoms with Crippen molar-refractivity contribution in [3.8, 4) is 5.75 Å². The van der Waals surface area contributed by atoms with Gasteiger partial charge in [-0.2, -0.15) is 0 Å². The van der Waals surface area contributed by atoms with E-state index in [1.54, 1.807) is 14.0 Å². The Morgan fingerprint density at radius 2 is 2.05 bits per heavy atom. The number of benzene rings is 1. The van der Waals surface area contributed by atoms with Crippen LogP contribution in [0, 0.1) is 12.8 Å². The Hall–Kier alpha value is -1.55. The van der Waals surface area contributed by atoms with Crippen LogP contribution < -0.4 is 10.1 Å². The van der Waals surface area contributed by atoms with Gasteiger partial charge in [-0.25, -0.2) is 0 Å². The van der Waals surface area contributed by atoms with Crippen molar-refractivity contribution >= 4 is 11.6 Å². The van der Waals surface area contributed by atoms with E-state index in [0.717, 1.165) is 17.0 Å². The average molecular weight is 293 g/mol. The van der Waals surface area contributed by atoms with Gasteiger partial charge in [0.1, 0.15) is 11.4 Å². The van der Waals surface area contributed by atoms with Gasteiger partial charge in [-0.3, -0.25) is 4.79 Å². The van der Waals surface area contributed by atoms with Crippen LogP contribution in [0.2, 0.25) is 0 Å². The topological polar surface area (TPSA) is 47.6 Å². The number of carbonyl (C=O) groups excluding carboxylic acids is 1. The number of hydrogen-bond acceptors (Lipinski definition) is 3. The van der Waals surface area contributed by atoms with E-state index in [-0.39, 0.29) is 5.91 Å². The average Bonchev–Trinajstić information content (AvgIpc) is 2.45. The fourth-order valence-corrected chi connectivity index (χ4v) is 1.81. The van der Waals surface area contributed by atoms with Gasteiger partial charge in [0.25, 0.3) is 5.91 Å². The summed E-state index contributed by atoms with van der Waals surface area (Å²) in [5, 5.41) is 2.90. The van der Waals surface area contributed by atoms with Gasteiger partial charge in [0.2, 0.25) is 0 Å². The first-order chi connectivity index (χ1) is 9.82. The molecule has 1 unspecified atom stereocenters. The lowest BCUT2D eigenvalue weighted by atomic mass is 10.0. The molecule has 0 aromatic heterocycles. The predicted molar refractivity (Wildman–Crippen MR) is 85.8 cm³/mol. The maximum atomic E-state index is 12.2. The molecule has 0 heterocycles. The van der Waals surface area contributed by atoms with Gasteiger partial charge in [-0.1, -0.05) is 20.8 Å². The molecule has 0 spiro atoms. The molecule has 1 atom stereocenters. The molecule has 0 saturated carbocycles. The predicted octanol–water partition coefficient (Wildman–Crippen LogP) is 3.78. The van der Waals surface area contributed by atoms with Crippen molar-refractivity contribution in [2.24, 2.45) is 5.92 Å². The molecule has 1 N–H and O–H groups in total. The van der Waals surface area contributed by atoms with E-state index in [2.05, 4.69) is 19.2 Å². The number of methoxy groups -OCH3 is 1. The zero-order valence-electron chi connectivity index (χ0n) is 13.9. The number of anilines is 1. The summed E-state index contributed by atoms with van der Waals surface area (Å²) in [6.45, 7) is 10.6. The maximum Gasteiger partial charge on any atom is 0.256 e. The number of rotatable bonds is 7. The first kappa shape index (κ1) is 17.5. The molecule has 0 saturated heterocycles. The SMILES string of the molecule is CCC(C)(OC)C(=O)Nc1ccc(OCC(C)C)c(C)c1. The molecule has 21 heavy (non-hydrogen) atoms.